The predicted octanol–water partition coefficient (Wildman–Crippen LogP) is 18.0. The average Bonchev–Trinajstić information content (AvgIpc) is 3.24. The summed E-state index contributed by atoms with van der Waals surface area (Å²) in [6.07, 6.45) is 55.5. The van der Waals surface area contributed by atoms with Gasteiger partial charge in [-0.3, -0.25) is 0 Å². The third kappa shape index (κ3) is 22.0. The van der Waals surface area contributed by atoms with Crippen molar-refractivity contribution in [2.75, 3.05) is 11.5 Å². The topological polar surface area (TPSA) is 0 Å². The van der Waals surface area contributed by atoms with Crippen molar-refractivity contribution in [3.63, 3.8) is 0 Å². The zero-order valence-corrected chi connectivity index (χ0v) is 41.1. The fourth-order valence-corrected chi connectivity index (χ4v) is 11.1. The largest absolute Gasteiger partial charge is 0.179 e. The van der Waals surface area contributed by atoms with Crippen LogP contribution in [0.5, 0.6) is 0 Å². The van der Waals surface area contributed by atoms with Crippen LogP contribution >= 0.6 is 37.9 Å². The molecule has 2 aromatic carbocycles. The monoisotopic (exact) mass is 851 g/mol. The van der Waals surface area contributed by atoms with Crippen molar-refractivity contribution in [3.05, 3.63) is 40.3 Å². The Bertz CT molecular complexity index is 1400. The highest BCUT2D eigenvalue weighted by Gasteiger charge is 2.22. The van der Waals surface area contributed by atoms with Crippen molar-refractivity contribution in [3.8, 4) is 0 Å². The fraction of sp³-hybridized carbons (Fsp3) is 0.782. The molecule has 1 aliphatic rings. The molecule has 0 saturated heterocycles. The van der Waals surface area contributed by atoms with Crippen molar-refractivity contribution in [1.82, 2.24) is 0 Å². The smallest absolute Gasteiger partial charge is 0.0122 e. The second-order valence-electron chi connectivity index (χ2n) is 18.8. The van der Waals surface area contributed by atoms with E-state index in [1.807, 2.05) is 0 Å². The van der Waals surface area contributed by atoms with E-state index in [2.05, 4.69) is 75.5 Å². The third-order valence-corrected chi connectivity index (χ3v) is 14.9. The summed E-state index contributed by atoms with van der Waals surface area (Å²) in [4.78, 5) is 1.17. The van der Waals surface area contributed by atoms with Gasteiger partial charge in [-0.2, -0.15) is 25.3 Å². The van der Waals surface area contributed by atoms with Crippen molar-refractivity contribution in [1.29, 1.82) is 0 Å². The van der Waals surface area contributed by atoms with Gasteiger partial charge in [-0.05, 0) is 101 Å². The van der Waals surface area contributed by atoms with E-state index in [4.69, 9.17) is 12.6 Å². The maximum absolute atomic E-state index is 5.08. The number of hydrogen-bond donors (Lipinski definition) is 3. The summed E-state index contributed by atoms with van der Waals surface area (Å²) in [5.41, 5.74) is 1.54. The lowest BCUT2D eigenvalue weighted by atomic mass is 9.77. The molecule has 0 aliphatic heterocycles. The van der Waals surface area contributed by atoms with Gasteiger partial charge in [0.15, 0.2) is 0 Å². The highest BCUT2D eigenvalue weighted by Crippen LogP contribution is 2.36. The van der Waals surface area contributed by atoms with Gasteiger partial charge in [0.05, 0.1) is 0 Å². The van der Waals surface area contributed by atoms with E-state index in [0.717, 1.165) is 29.8 Å². The predicted molar refractivity (Wildman–Crippen MR) is 274 cm³/mol. The Morgan fingerprint density at radius 1 is 0.431 bits per heavy atom. The van der Waals surface area contributed by atoms with Crippen LogP contribution in [-0.4, -0.2) is 11.5 Å². The Morgan fingerprint density at radius 2 is 0.862 bits per heavy atom. The van der Waals surface area contributed by atoms with Gasteiger partial charge in [0.1, 0.15) is 0 Å². The molecule has 0 heterocycles. The maximum atomic E-state index is 5.08. The van der Waals surface area contributed by atoms with Gasteiger partial charge in [-0.25, -0.2) is 0 Å². The van der Waals surface area contributed by atoms with Crippen LogP contribution in [0.3, 0.4) is 0 Å². The first-order valence-electron chi connectivity index (χ1n) is 25.8. The standard InChI is InChI=1S/C55H94S3/c1-3-5-6-7-19-24-34-48(35-25-20-15-11-8-9-13-17-22-31-43-56)49(36-26-21-16-12-10-14-18-23-32-44-57)38-28-27-37-47(33-4-2)51-45-54-52-40-30-29-39-50(52)41-42-53(54)55(58)46-51/h39-42,45-49,56-58H,3-38,43-44H2,1-2H3. The van der Waals surface area contributed by atoms with Gasteiger partial charge in [0.2, 0.25) is 0 Å². The molecule has 1 aliphatic carbocycles. The lowest BCUT2D eigenvalue weighted by Crippen LogP contribution is -2.27. The fourth-order valence-electron chi connectivity index (χ4n) is 10.3. The van der Waals surface area contributed by atoms with Crippen LogP contribution in [0.1, 0.15) is 256 Å². The van der Waals surface area contributed by atoms with Crippen LogP contribution < -0.4 is 10.4 Å². The summed E-state index contributed by atoms with van der Waals surface area (Å²) < 4.78 is 0. The minimum atomic E-state index is 0.645. The van der Waals surface area contributed by atoms with Crippen LogP contribution in [0, 0.1) is 11.8 Å². The molecule has 3 rings (SSSR count). The Hall–Kier alpha value is -0.510. The molecule has 0 nitrogen and oxygen atoms in total. The molecule has 0 saturated carbocycles. The van der Waals surface area contributed by atoms with Crippen LogP contribution in [0.25, 0.3) is 22.9 Å². The normalized spacial score (nSPS) is 14.3. The highest BCUT2D eigenvalue weighted by molar-refractivity contribution is 7.80. The summed E-state index contributed by atoms with van der Waals surface area (Å²) in [5, 5.41) is 5.63. The molecule has 0 fully saturated rings. The summed E-state index contributed by atoms with van der Waals surface area (Å²) in [6.45, 7) is 4.74. The molecule has 332 valence electrons. The number of hydrogen-bond acceptors (Lipinski definition) is 3. The van der Waals surface area contributed by atoms with Crippen LogP contribution in [-0.2, 0) is 0 Å². The number of rotatable bonds is 39. The van der Waals surface area contributed by atoms with E-state index >= 15 is 0 Å². The molecule has 3 unspecified atom stereocenters. The van der Waals surface area contributed by atoms with E-state index in [0.29, 0.717) is 5.92 Å². The molecule has 3 atom stereocenters. The Kier molecular flexibility index (Phi) is 31.3. The Morgan fingerprint density at radius 3 is 1.34 bits per heavy atom. The molecular formula is C55H94S3. The molecule has 0 aromatic heterocycles. The summed E-state index contributed by atoms with van der Waals surface area (Å²) >= 11 is 13.9. The van der Waals surface area contributed by atoms with Crippen LogP contribution in [0.15, 0.2) is 29.2 Å². The molecule has 0 amide bonds. The van der Waals surface area contributed by atoms with Crippen molar-refractivity contribution in [2.24, 2.45) is 11.8 Å². The van der Waals surface area contributed by atoms with Gasteiger partial charge >= 0.3 is 0 Å². The zero-order chi connectivity index (χ0) is 41.3. The summed E-state index contributed by atoms with van der Waals surface area (Å²) in [5.74, 6) is 4.63. The van der Waals surface area contributed by atoms with E-state index < -0.39 is 0 Å². The first-order chi connectivity index (χ1) is 28.6. The number of thiol groups is 3. The molecule has 0 spiro atoms. The lowest BCUT2D eigenvalue weighted by molar-refractivity contribution is 0.236. The van der Waals surface area contributed by atoms with E-state index in [1.54, 1.807) is 5.56 Å². The third-order valence-electron chi connectivity index (χ3n) is 13.9. The number of unbranched alkanes of at least 4 members (excludes halogenated alkanes) is 23. The molecular weight excluding hydrogens is 757 g/mol. The van der Waals surface area contributed by atoms with Crippen molar-refractivity contribution in [2.45, 2.75) is 256 Å². The van der Waals surface area contributed by atoms with Crippen molar-refractivity contribution >= 4 is 60.8 Å². The SMILES string of the molecule is CCCCCCCCC(CCCCCCCCCCCCS)C(CCCCCCCCCCCS)CCCCC(CCC)c1cc(S)c2ccc3c(c2c1)=CCCC=3. The molecule has 0 radical (unpaired) electrons. The minimum Gasteiger partial charge on any atom is -0.179 e. The van der Waals surface area contributed by atoms with E-state index in [9.17, 15) is 0 Å². The molecule has 58 heavy (non-hydrogen) atoms. The highest BCUT2D eigenvalue weighted by atomic mass is 32.1. The Labute approximate surface area is 378 Å². The van der Waals surface area contributed by atoms with Crippen LogP contribution in [0.2, 0.25) is 0 Å². The Balaban J connectivity index is 1.61. The molecule has 0 bridgehead atoms. The van der Waals surface area contributed by atoms with Crippen LogP contribution in [0.4, 0.5) is 0 Å². The molecule has 2 aromatic rings. The minimum absolute atomic E-state index is 0.645. The van der Waals surface area contributed by atoms with E-state index in [-0.39, 0.29) is 0 Å². The summed E-state index contributed by atoms with van der Waals surface area (Å²) in [7, 11) is 0. The van der Waals surface area contributed by atoms with Crippen molar-refractivity contribution < 1.29 is 0 Å². The summed E-state index contributed by atoms with van der Waals surface area (Å²) in [6, 6.07) is 9.62. The lowest BCUT2D eigenvalue weighted by Gasteiger charge is -2.28. The van der Waals surface area contributed by atoms with Gasteiger partial charge in [-0.15, -0.1) is 12.6 Å². The van der Waals surface area contributed by atoms with E-state index in [1.165, 1.54) is 251 Å². The van der Waals surface area contributed by atoms with Gasteiger partial charge in [-0.1, -0.05) is 237 Å². The second kappa shape index (κ2) is 35.0. The van der Waals surface area contributed by atoms with Gasteiger partial charge in [0.25, 0.3) is 0 Å². The number of benzene rings is 2. The van der Waals surface area contributed by atoms with Gasteiger partial charge in [0, 0.05) is 4.90 Å². The van der Waals surface area contributed by atoms with Gasteiger partial charge < -0.3 is 0 Å². The second-order valence-corrected chi connectivity index (χ2v) is 20.2. The number of fused-ring (bicyclic) bond motifs is 3. The first kappa shape index (κ1) is 51.8. The molecule has 0 N–H and O–H groups in total. The average molecular weight is 852 g/mol. The zero-order valence-electron chi connectivity index (χ0n) is 38.4. The quantitative estimate of drug-likeness (QED) is 0.0433. The molecule has 3 heteroatoms. The first-order valence-corrected chi connectivity index (χ1v) is 27.5. The maximum Gasteiger partial charge on any atom is 0.0122 e.